The van der Waals surface area contributed by atoms with Crippen LogP contribution < -0.4 is 27.4 Å². The van der Waals surface area contributed by atoms with E-state index in [4.69, 9.17) is 11.5 Å². The fourth-order valence-electron chi connectivity index (χ4n) is 3.85. The van der Waals surface area contributed by atoms with Gasteiger partial charge in [-0.25, -0.2) is 4.79 Å². The lowest BCUT2D eigenvalue weighted by molar-refractivity contribution is -0.145. The van der Waals surface area contributed by atoms with Gasteiger partial charge in [0.1, 0.15) is 12.1 Å². The Balaban J connectivity index is 2.31. The van der Waals surface area contributed by atoms with Crippen molar-refractivity contribution >= 4 is 52.3 Å². The second-order valence-electron chi connectivity index (χ2n) is 9.14. The van der Waals surface area contributed by atoms with E-state index in [-0.39, 0.29) is 19.3 Å². The normalized spacial score (nSPS) is 15.0. The van der Waals surface area contributed by atoms with E-state index < -0.39 is 59.9 Å². The van der Waals surface area contributed by atoms with Gasteiger partial charge in [0.15, 0.2) is 6.04 Å². The third-order valence-corrected chi connectivity index (χ3v) is 6.70. The summed E-state index contributed by atoms with van der Waals surface area (Å²) < 4.78 is 0. The van der Waals surface area contributed by atoms with Gasteiger partial charge in [0.25, 0.3) is 0 Å². The average molecular weight is 565 g/mol. The van der Waals surface area contributed by atoms with Crippen LogP contribution in [0.4, 0.5) is 0 Å². The number of aromatic nitrogens is 1. The SMILES string of the molecule is CSCCC(N)C(=O)NC(Cc1c[nH]c2ccccc12)C(=O)NC(CCC(N)=O)C(=O)NC(C(=O)O)C(C)O. The highest BCUT2D eigenvalue weighted by Gasteiger charge is 2.32. The fourth-order valence-corrected chi connectivity index (χ4v) is 4.34. The maximum absolute atomic E-state index is 13.4. The van der Waals surface area contributed by atoms with Crippen LogP contribution in [0.2, 0.25) is 0 Å². The zero-order valence-electron chi connectivity index (χ0n) is 21.8. The molecule has 1 aromatic carbocycles. The quantitative estimate of drug-likeness (QED) is 0.124. The Bertz CT molecular complexity index is 1170. The third kappa shape index (κ3) is 9.57. The van der Waals surface area contributed by atoms with Crippen LogP contribution in [0.5, 0.6) is 0 Å². The molecule has 0 aliphatic heterocycles. The summed E-state index contributed by atoms with van der Waals surface area (Å²) in [6, 6.07) is 2.33. The van der Waals surface area contributed by atoms with Gasteiger partial charge in [0, 0.05) is 29.9 Å². The fraction of sp³-hybridized carbons (Fsp3) is 0.480. The van der Waals surface area contributed by atoms with E-state index >= 15 is 0 Å². The first-order chi connectivity index (χ1) is 18.4. The third-order valence-electron chi connectivity index (χ3n) is 6.06. The number of carboxylic acid groups (broad SMARTS) is 1. The van der Waals surface area contributed by atoms with Gasteiger partial charge in [-0.05, 0) is 43.4 Å². The predicted octanol–water partition coefficient (Wildman–Crippen LogP) is -1.02. The van der Waals surface area contributed by atoms with Crippen molar-refractivity contribution in [1.82, 2.24) is 20.9 Å². The number of benzene rings is 1. The smallest absolute Gasteiger partial charge is 0.328 e. The summed E-state index contributed by atoms with van der Waals surface area (Å²) >= 11 is 1.52. The number of carbonyl (C=O) groups excluding carboxylic acids is 4. The second-order valence-corrected chi connectivity index (χ2v) is 10.1. The topological polar surface area (TPSA) is 230 Å². The van der Waals surface area contributed by atoms with Crippen LogP contribution >= 0.6 is 11.8 Å². The van der Waals surface area contributed by atoms with Gasteiger partial charge in [-0.2, -0.15) is 11.8 Å². The van der Waals surface area contributed by atoms with Crippen LogP contribution in [0.3, 0.4) is 0 Å². The highest BCUT2D eigenvalue weighted by Crippen LogP contribution is 2.19. The van der Waals surface area contributed by atoms with Crippen LogP contribution in [-0.2, 0) is 30.4 Å². The summed E-state index contributed by atoms with van der Waals surface area (Å²) in [6.45, 7) is 1.18. The Kier molecular flexibility index (Phi) is 12.2. The maximum Gasteiger partial charge on any atom is 0.328 e. The molecule has 2 rings (SSSR count). The number of rotatable bonds is 16. The number of aliphatic hydroxyl groups is 1. The van der Waals surface area contributed by atoms with Crippen molar-refractivity contribution < 1.29 is 34.2 Å². The van der Waals surface area contributed by atoms with Gasteiger partial charge < -0.3 is 42.6 Å². The van der Waals surface area contributed by atoms with E-state index in [0.717, 1.165) is 16.5 Å². The number of carboxylic acids is 1. The van der Waals surface area contributed by atoms with Crippen molar-refractivity contribution in [3.63, 3.8) is 0 Å². The predicted molar refractivity (Wildman–Crippen MR) is 147 cm³/mol. The van der Waals surface area contributed by atoms with Gasteiger partial charge in [-0.15, -0.1) is 0 Å². The minimum absolute atomic E-state index is 0.0480. The number of fused-ring (bicyclic) bond motifs is 1. The van der Waals surface area contributed by atoms with Crippen molar-refractivity contribution in [1.29, 1.82) is 0 Å². The Hall–Kier alpha value is -3.62. The number of hydrogen-bond acceptors (Lipinski definition) is 8. The van der Waals surface area contributed by atoms with E-state index in [1.165, 1.54) is 18.7 Å². The number of thioether (sulfide) groups is 1. The first-order valence-electron chi connectivity index (χ1n) is 12.3. The van der Waals surface area contributed by atoms with E-state index in [1.807, 2.05) is 30.5 Å². The summed E-state index contributed by atoms with van der Waals surface area (Å²) in [4.78, 5) is 65.1. The molecule has 10 N–H and O–H groups in total. The van der Waals surface area contributed by atoms with Crippen molar-refractivity contribution in [3.8, 4) is 0 Å². The van der Waals surface area contributed by atoms with Crippen molar-refractivity contribution in [3.05, 3.63) is 36.0 Å². The van der Waals surface area contributed by atoms with Crippen LogP contribution in [0.1, 0.15) is 31.7 Å². The Morgan fingerprint density at radius 2 is 1.64 bits per heavy atom. The van der Waals surface area contributed by atoms with E-state index in [2.05, 4.69) is 20.9 Å². The molecule has 0 saturated carbocycles. The number of primary amides is 1. The molecule has 214 valence electrons. The molecule has 5 atom stereocenters. The summed E-state index contributed by atoms with van der Waals surface area (Å²) in [5.74, 6) is -3.83. The molecule has 0 aliphatic rings. The lowest BCUT2D eigenvalue weighted by Crippen LogP contribution is -2.58. The molecule has 0 bridgehead atoms. The summed E-state index contributed by atoms with van der Waals surface area (Å²) in [6.07, 6.45) is 2.06. The molecule has 1 heterocycles. The standard InChI is InChI=1S/C25H36N6O7S/c1-13(32)21(25(37)38)31-23(35)18(7-8-20(27)33)29-24(36)19(30-22(34)16(26)9-10-39-2)11-14-12-28-17-6-4-3-5-15(14)17/h3-6,12-13,16,18-19,21,28,32H,7-11,26H2,1-2H3,(H2,27,33)(H,29,36)(H,30,34)(H,31,35)(H,37,38). The highest BCUT2D eigenvalue weighted by molar-refractivity contribution is 7.98. The number of hydrogen-bond donors (Lipinski definition) is 8. The lowest BCUT2D eigenvalue weighted by Gasteiger charge is -2.25. The van der Waals surface area contributed by atoms with Crippen LogP contribution in [0.25, 0.3) is 10.9 Å². The Labute approximate surface area is 229 Å². The molecule has 4 amide bonds. The number of aliphatic carboxylic acids is 1. The lowest BCUT2D eigenvalue weighted by atomic mass is 10.0. The number of carbonyl (C=O) groups is 5. The number of H-pyrrole nitrogens is 1. The summed E-state index contributed by atoms with van der Waals surface area (Å²) in [5, 5.41) is 27.2. The molecule has 5 unspecified atom stereocenters. The second kappa shape index (κ2) is 15.1. The van der Waals surface area contributed by atoms with Crippen LogP contribution in [0, 0.1) is 0 Å². The van der Waals surface area contributed by atoms with Gasteiger partial charge >= 0.3 is 5.97 Å². The molecule has 0 saturated heterocycles. The van der Waals surface area contributed by atoms with Gasteiger partial charge in [0.2, 0.25) is 23.6 Å². The first-order valence-corrected chi connectivity index (χ1v) is 13.7. The van der Waals surface area contributed by atoms with Gasteiger partial charge in [0.05, 0.1) is 12.1 Å². The maximum atomic E-state index is 13.4. The number of nitrogens with two attached hydrogens (primary N) is 2. The molecule has 0 spiro atoms. The van der Waals surface area contributed by atoms with Crippen molar-refractivity contribution in [2.24, 2.45) is 11.5 Å². The van der Waals surface area contributed by atoms with Crippen LogP contribution in [0.15, 0.2) is 30.5 Å². The van der Waals surface area contributed by atoms with E-state index in [1.54, 1.807) is 6.20 Å². The number of aliphatic hydroxyl groups excluding tert-OH is 1. The van der Waals surface area contributed by atoms with E-state index in [0.29, 0.717) is 12.2 Å². The molecule has 1 aromatic heterocycles. The molecule has 39 heavy (non-hydrogen) atoms. The van der Waals surface area contributed by atoms with Gasteiger partial charge in [-0.1, -0.05) is 18.2 Å². The Morgan fingerprint density at radius 1 is 1.00 bits per heavy atom. The summed E-state index contributed by atoms with van der Waals surface area (Å²) in [7, 11) is 0. The molecular weight excluding hydrogens is 528 g/mol. The molecule has 13 nitrogen and oxygen atoms in total. The number of nitrogens with one attached hydrogen (secondary N) is 4. The molecular formula is C25H36N6O7S. The van der Waals surface area contributed by atoms with Gasteiger partial charge in [-0.3, -0.25) is 19.2 Å². The monoisotopic (exact) mass is 564 g/mol. The van der Waals surface area contributed by atoms with E-state index in [9.17, 15) is 34.2 Å². The molecule has 2 aromatic rings. The zero-order valence-corrected chi connectivity index (χ0v) is 22.6. The average Bonchev–Trinajstić information content (AvgIpc) is 3.29. The number of amides is 4. The van der Waals surface area contributed by atoms with Crippen molar-refractivity contribution in [2.45, 2.75) is 62.9 Å². The Morgan fingerprint density at radius 3 is 2.26 bits per heavy atom. The number of aromatic amines is 1. The molecule has 0 fully saturated rings. The number of para-hydroxylation sites is 1. The minimum Gasteiger partial charge on any atom is -0.480 e. The molecule has 0 aliphatic carbocycles. The first kappa shape index (κ1) is 31.6. The molecule has 0 radical (unpaired) electrons. The van der Waals surface area contributed by atoms with Crippen molar-refractivity contribution in [2.75, 3.05) is 12.0 Å². The zero-order chi connectivity index (χ0) is 29.1. The largest absolute Gasteiger partial charge is 0.480 e. The minimum atomic E-state index is -1.65. The summed E-state index contributed by atoms with van der Waals surface area (Å²) in [5.41, 5.74) is 12.8. The molecule has 14 heteroatoms. The highest BCUT2D eigenvalue weighted by atomic mass is 32.2. The van der Waals surface area contributed by atoms with Crippen LogP contribution in [-0.4, -0.2) is 87.1 Å².